The normalized spacial score (nSPS) is 41.1. The number of nitrogens with zero attached hydrogens (tertiary/aromatic N) is 2. The molecule has 3 rings (SSSR count). The molecule has 3 atom stereocenters. The Bertz CT molecular complexity index is 250. The third kappa shape index (κ3) is 2.67. The zero-order chi connectivity index (χ0) is 11.7. The first-order chi connectivity index (χ1) is 8.33. The van der Waals surface area contributed by atoms with Crippen LogP contribution >= 0.6 is 0 Å². The zero-order valence-corrected chi connectivity index (χ0v) is 11.0. The largest absolute Gasteiger partial charge is 0.328 e. The van der Waals surface area contributed by atoms with Gasteiger partial charge < -0.3 is 5.73 Å². The number of hydrogen-bond donors (Lipinski definition) is 1. The van der Waals surface area contributed by atoms with E-state index in [1.165, 1.54) is 71.1 Å². The van der Waals surface area contributed by atoms with Gasteiger partial charge in [-0.2, -0.15) is 0 Å². The Morgan fingerprint density at radius 2 is 1.59 bits per heavy atom. The van der Waals surface area contributed by atoms with Crippen LogP contribution in [0.5, 0.6) is 0 Å². The van der Waals surface area contributed by atoms with Crippen molar-refractivity contribution in [2.24, 2.45) is 5.73 Å². The molecule has 3 unspecified atom stereocenters. The Morgan fingerprint density at radius 1 is 0.765 bits per heavy atom. The summed E-state index contributed by atoms with van der Waals surface area (Å²) < 4.78 is 0. The molecule has 0 amide bonds. The highest BCUT2D eigenvalue weighted by Crippen LogP contribution is 2.27. The topological polar surface area (TPSA) is 32.5 Å². The van der Waals surface area contributed by atoms with Crippen LogP contribution in [0.2, 0.25) is 0 Å². The Morgan fingerprint density at radius 3 is 2.35 bits per heavy atom. The van der Waals surface area contributed by atoms with Gasteiger partial charge in [-0.25, -0.2) is 0 Å². The number of likely N-dealkylation sites (tertiary alicyclic amines) is 2. The lowest BCUT2D eigenvalue weighted by atomic mass is 9.91. The third-order valence-corrected chi connectivity index (χ3v) is 5.06. The van der Waals surface area contributed by atoms with Crippen molar-refractivity contribution in [3.05, 3.63) is 0 Å². The van der Waals surface area contributed by atoms with E-state index < -0.39 is 0 Å². The van der Waals surface area contributed by atoms with Gasteiger partial charge >= 0.3 is 0 Å². The Hall–Kier alpha value is -0.120. The van der Waals surface area contributed by atoms with Crippen molar-refractivity contribution in [2.45, 2.75) is 63.1 Å². The van der Waals surface area contributed by atoms with Crippen molar-refractivity contribution >= 4 is 0 Å². The molecule has 3 nitrogen and oxygen atoms in total. The molecule has 1 aliphatic carbocycles. The smallest absolute Gasteiger partial charge is 0.0235 e. The Balaban J connectivity index is 1.52. The van der Waals surface area contributed by atoms with E-state index in [0.29, 0.717) is 6.04 Å². The molecule has 3 fully saturated rings. The monoisotopic (exact) mass is 237 g/mol. The summed E-state index contributed by atoms with van der Waals surface area (Å²) in [5, 5.41) is 0. The van der Waals surface area contributed by atoms with Crippen molar-refractivity contribution in [1.29, 1.82) is 0 Å². The summed E-state index contributed by atoms with van der Waals surface area (Å²) in [5.74, 6) is 0. The summed E-state index contributed by atoms with van der Waals surface area (Å²) in [4.78, 5) is 5.46. The maximum atomic E-state index is 6.11. The molecule has 1 saturated carbocycles. The number of nitrogens with two attached hydrogens (primary N) is 1. The molecular formula is C14H27N3. The van der Waals surface area contributed by atoms with Crippen molar-refractivity contribution in [3.8, 4) is 0 Å². The Labute approximate surface area is 105 Å². The lowest BCUT2D eigenvalue weighted by Gasteiger charge is -2.34. The number of rotatable bonds is 2. The van der Waals surface area contributed by atoms with Gasteiger partial charge in [0.2, 0.25) is 0 Å². The minimum atomic E-state index is 0.472. The van der Waals surface area contributed by atoms with Gasteiger partial charge in [0, 0.05) is 31.2 Å². The van der Waals surface area contributed by atoms with E-state index in [1.807, 2.05) is 0 Å². The average molecular weight is 237 g/mol. The average Bonchev–Trinajstić information content (AvgIpc) is 3.00. The molecular weight excluding hydrogens is 210 g/mol. The van der Waals surface area contributed by atoms with Crippen LogP contribution in [0.25, 0.3) is 0 Å². The fourth-order valence-electron chi connectivity index (χ4n) is 4.04. The van der Waals surface area contributed by atoms with E-state index in [0.717, 1.165) is 12.1 Å². The molecule has 98 valence electrons. The summed E-state index contributed by atoms with van der Waals surface area (Å²) in [6, 6.07) is 2.13. The van der Waals surface area contributed by atoms with Crippen LogP contribution in [-0.2, 0) is 0 Å². The van der Waals surface area contributed by atoms with E-state index in [9.17, 15) is 0 Å². The summed E-state index contributed by atoms with van der Waals surface area (Å²) in [7, 11) is 0. The van der Waals surface area contributed by atoms with Crippen molar-refractivity contribution in [3.63, 3.8) is 0 Å². The molecule has 3 heteroatoms. The van der Waals surface area contributed by atoms with Gasteiger partial charge in [0.1, 0.15) is 0 Å². The molecule has 2 saturated heterocycles. The highest BCUT2D eigenvalue weighted by molar-refractivity contribution is 4.91. The second kappa shape index (κ2) is 5.25. The van der Waals surface area contributed by atoms with Crippen molar-refractivity contribution in [2.75, 3.05) is 26.2 Å². The fourth-order valence-corrected chi connectivity index (χ4v) is 4.04. The van der Waals surface area contributed by atoms with Crippen LogP contribution in [0.3, 0.4) is 0 Å². The molecule has 17 heavy (non-hydrogen) atoms. The molecule has 0 spiro atoms. The molecule has 0 aromatic rings. The first kappa shape index (κ1) is 11.9. The second-order valence-electron chi connectivity index (χ2n) is 6.26. The molecule has 2 heterocycles. The molecule has 3 aliphatic rings. The summed E-state index contributed by atoms with van der Waals surface area (Å²) in [6.07, 6.45) is 9.46. The van der Waals surface area contributed by atoms with Gasteiger partial charge in [-0.1, -0.05) is 6.42 Å². The quantitative estimate of drug-likeness (QED) is 0.788. The van der Waals surface area contributed by atoms with E-state index in [1.54, 1.807) is 0 Å². The molecule has 2 N–H and O–H groups in total. The van der Waals surface area contributed by atoms with Crippen molar-refractivity contribution in [1.82, 2.24) is 9.80 Å². The molecule has 0 bridgehead atoms. The highest BCUT2D eigenvalue weighted by Gasteiger charge is 2.34. The van der Waals surface area contributed by atoms with Crippen LogP contribution in [0, 0.1) is 0 Å². The lowest BCUT2D eigenvalue weighted by molar-refractivity contribution is 0.160. The first-order valence-corrected chi connectivity index (χ1v) is 7.56. The molecule has 2 aliphatic heterocycles. The second-order valence-corrected chi connectivity index (χ2v) is 6.26. The van der Waals surface area contributed by atoms with E-state index in [-0.39, 0.29) is 0 Å². The standard InChI is InChI=1S/C14H27N3/c15-12-4-3-5-13(10-12)17-9-6-14(11-17)16-7-1-2-8-16/h12-14H,1-11,15H2. The third-order valence-electron chi connectivity index (χ3n) is 5.06. The van der Waals surface area contributed by atoms with Gasteiger partial charge in [-0.3, -0.25) is 9.80 Å². The van der Waals surface area contributed by atoms with Gasteiger partial charge in [0.05, 0.1) is 0 Å². The fraction of sp³-hybridized carbons (Fsp3) is 1.00. The maximum absolute atomic E-state index is 6.11. The summed E-state index contributed by atoms with van der Waals surface area (Å²) in [5.41, 5.74) is 6.11. The SMILES string of the molecule is NC1CCCC(N2CCC(N3CCCC3)C2)C1. The van der Waals surface area contributed by atoms with E-state index in [2.05, 4.69) is 9.80 Å². The molecule has 0 aromatic heterocycles. The summed E-state index contributed by atoms with van der Waals surface area (Å²) >= 11 is 0. The molecule has 0 radical (unpaired) electrons. The summed E-state index contributed by atoms with van der Waals surface area (Å²) in [6.45, 7) is 5.33. The van der Waals surface area contributed by atoms with E-state index in [4.69, 9.17) is 5.73 Å². The van der Waals surface area contributed by atoms with E-state index >= 15 is 0 Å². The Kier molecular flexibility index (Phi) is 3.69. The van der Waals surface area contributed by atoms with Crippen LogP contribution in [0.15, 0.2) is 0 Å². The number of hydrogen-bond acceptors (Lipinski definition) is 3. The van der Waals surface area contributed by atoms with Crippen LogP contribution in [0.4, 0.5) is 0 Å². The lowest BCUT2D eigenvalue weighted by Crippen LogP contribution is -2.43. The predicted molar refractivity (Wildman–Crippen MR) is 71.0 cm³/mol. The maximum Gasteiger partial charge on any atom is 0.0235 e. The minimum absolute atomic E-state index is 0.472. The van der Waals surface area contributed by atoms with Gasteiger partial charge in [-0.15, -0.1) is 0 Å². The first-order valence-electron chi connectivity index (χ1n) is 7.56. The minimum Gasteiger partial charge on any atom is -0.328 e. The van der Waals surface area contributed by atoms with Gasteiger partial charge in [0.25, 0.3) is 0 Å². The van der Waals surface area contributed by atoms with Crippen LogP contribution < -0.4 is 5.73 Å². The zero-order valence-electron chi connectivity index (χ0n) is 11.0. The van der Waals surface area contributed by atoms with Gasteiger partial charge in [0.15, 0.2) is 0 Å². The predicted octanol–water partition coefficient (Wildman–Crippen LogP) is 1.43. The van der Waals surface area contributed by atoms with Gasteiger partial charge in [-0.05, 0) is 51.6 Å². The van der Waals surface area contributed by atoms with Crippen LogP contribution in [-0.4, -0.2) is 54.1 Å². The van der Waals surface area contributed by atoms with Crippen LogP contribution in [0.1, 0.15) is 44.9 Å². The molecule has 0 aromatic carbocycles. The highest BCUT2D eigenvalue weighted by atomic mass is 15.3. The van der Waals surface area contributed by atoms with Crippen molar-refractivity contribution < 1.29 is 0 Å².